The summed E-state index contributed by atoms with van der Waals surface area (Å²) < 4.78 is 0. The summed E-state index contributed by atoms with van der Waals surface area (Å²) in [6.07, 6.45) is -4.09. The van der Waals surface area contributed by atoms with E-state index >= 15 is 0 Å². The molecule has 0 bridgehead atoms. The molecule has 0 N–H and O–H groups in total. The number of rotatable bonds is 12. The molecule has 6 rings (SSSR count). The predicted molar refractivity (Wildman–Crippen MR) is 331 cm³/mol. The highest BCUT2D eigenvalue weighted by Crippen LogP contribution is 2.52. The van der Waals surface area contributed by atoms with Crippen molar-refractivity contribution in [2.24, 2.45) is 0 Å². The molecule has 0 aliphatic heterocycles. The standard InChI is InChI=1S/C46H48B22/c1-17-18(2)23(7)33(24(8)19(17)3)41-36-26(10)21(5)20(4)25(9)34(36)31(15)39-37(27(11)22(6)28(12)38(39)41)40-30(14)29(13)35-32(16)43(64(67(55)56)68(57)58)46(63(60-48)66(53)54)45(62(50)65(51)52)42(35)44(40)61(49)59-47/h1-16H3. The van der Waals surface area contributed by atoms with Gasteiger partial charge in [0, 0.05) is 133 Å². The van der Waals surface area contributed by atoms with Crippen molar-refractivity contribution in [2.75, 3.05) is 0 Å². The Kier molecular flexibility index (Phi) is 16.3. The lowest BCUT2D eigenvalue weighted by Crippen LogP contribution is -2.74. The maximum Gasteiger partial charge on any atom is 0.0821 e. The van der Waals surface area contributed by atoms with Crippen LogP contribution in [0.15, 0.2) is 0 Å². The molecular weight excluding hydrogens is 790 g/mol. The van der Waals surface area contributed by atoms with Gasteiger partial charge < -0.3 is 0 Å². The minimum absolute atomic E-state index is 0.550. The van der Waals surface area contributed by atoms with Gasteiger partial charge in [-0.1, -0.05) is 16.5 Å². The molecule has 68 heavy (non-hydrogen) atoms. The molecule has 0 spiro atoms. The summed E-state index contributed by atoms with van der Waals surface area (Å²) in [5, 5.41) is 6.46. The zero-order chi connectivity index (χ0) is 51.4. The van der Waals surface area contributed by atoms with Crippen LogP contribution in [0.1, 0.15) is 89.0 Å². The third kappa shape index (κ3) is 8.25. The van der Waals surface area contributed by atoms with Crippen LogP contribution < -0.4 is 21.9 Å². The SMILES string of the molecule is [B][B]B(B([B])[B])c1c(B(B([B])[B])B([B])[B])c(C)c2c(C)c(C)c(-c3c(C)c(C)c(C)c4c(-c5c(C)c(C)c(C)c(C)c5C)c5c(C)c(C)c(C)c(C)c5c(C)c34)c(B([B])[B][B])c2c1B([B])B([B])[B]. The van der Waals surface area contributed by atoms with Gasteiger partial charge >= 0.3 is 0 Å². The first-order valence-corrected chi connectivity index (χ1v) is 23.9. The molecule has 0 heterocycles. The lowest BCUT2D eigenvalue weighted by atomic mass is 8.70. The molecule has 0 aliphatic rings. The third-order valence-electron chi connectivity index (χ3n) is 16.9. The summed E-state index contributed by atoms with van der Waals surface area (Å²) in [6, 6.07) is 0. The van der Waals surface area contributed by atoms with E-state index in [0.29, 0.717) is 16.4 Å². The Morgan fingerprint density at radius 3 is 1.07 bits per heavy atom. The van der Waals surface area contributed by atoms with Crippen LogP contribution in [0, 0.1) is 111 Å². The van der Waals surface area contributed by atoms with Gasteiger partial charge in [-0.3, -0.25) is 0 Å². The van der Waals surface area contributed by atoms with Crippen LogP contribution >= 0.6 is 0 Å². The van der Waals surface area contributed by atoms with E-state index in [1.54, 1.807) is 0 Å². The molecule has 6 aromatic rings. The Balaban J connectivity index is 2.13. The van der Waals surface area contributed by atoms with E-state index in [9.17, 15) is 0 Å². The molecule has 0 fully saturated rings. The van der Waals surface area contributed by atoms with Gasteiger partial charge in [-0.2, -0.15) is 0 Å². The normalized spacial score (nSPS) is 11.4. The zero-order valence-electron chi connectivity index (χ0n) is 43.7. The average Bonchev–Trinajstić information content (AvgIpc) is 3.27. The maximum absolute atomic E-state index is 7.46. The average molecular weight is 839 g/mol. The molecule has 0 atom stereocenters. The van der Waals surface area contributed by atoms with Gasteiger partial charge in [-0.05, 0) is 249 Å². The van der Waals surface area contributed by atoms with Crippen molar-refractivity contribution in [3.63, 3.8) is 0 Å². The van der Waals surface area contributed by atoms with E-state index in [1.165, 1.54) is 108 Å². The Morgan fingerprint density at radius 1 is 0.265 bits per heavy atom. The van der Waals surface area contributed by atoms with Crippen LogP contribution in [0.2, 0.25) is 0 Å². The molecule has 0 nitrogen and oxygen atoms in total. The quantitative estimate of drug-likeness (QED) is 0.130. The van der Waals surface area contributed by atoms with E-state index in [-0.39, 0.29) is 0 Å². The molecule has 6 aromatic carbocycles. The van der Waals surface area contributed by atoms with Crippen molar-refractivity contribution in [3.05, 3.63) is 89.0 Å². The van der Waals surface area contributed by atoms with Gasteiger partial charge in [-0.15, -0.1) is 10.9 Å². The van der Waals surface area contributed by atoms with Gasteiger partial charge in [-0.25, -0.2) is 0 Å². The van der Waals surface area contributed by atoms with Crippen molar-refractivity contribution in [1.29, 1.82) is 0 Å². The van der Waals surface area contributed by atoms with E-state index in [1.807, 2.05) is 6.92 Å². The smallest absolute Gasteiger partial charge is 0.0821 e. The Morgan fingerprint density at radius 2 is 0.632 bits per heavy atom. The highest BCUT2D eigenvalue weighted by atomic mass is 14.3. The molecule has 0 amide bonds. The van der Waals surface area contributed by atoms with E-state index in [0.717, 1.165) is 55.0 Å². The monoisotopic (exact) mass is 843 g/mol. The molecule has 26 radical (unpaired) electrons. The van der Waals surface area contributed by atoms with Crippen molar-refractivity contribution in [3.8, 4) is 22.3 Å². The Bertz CT molecular complexity index is 3030. The van der Waals surface area contributed by atoms with Crippen molar-refractivity contribution >= 4 is 213 Å². The highest BCUT2D eigenvalue weighted by molar-refractivity contribution is 7.85. The summed E-state index contributed by atoms with van der Waals surface area (Å²) in [5.41, 5.74) is 26.1. The molecule has 0 aromatic heterocycles. The van der Waals surface area contributed by atoms with Gasteiger partial charge in [0.25, 0.3) is 0 Å². The molecule has 298 valence electrons. The maximum atomic E-state index is 7.46. The first-order valence-electron chi connectivity index (χ1n) is 23.9. The van der Waals surface area contributed by atoms with Gasteiger partial charge in [0.15, 0.2) is 0 Å². The van der Waals surface area contributed by atoms with E-state index < -0.39 is 51.5 Å². The second-order valence-electron chi connectivity index (χ2n) is 20.2. The lowest BCUT2D eigenvalue weighted by molar-refractivity contribution is 1.18. The number of fused-ring (bicyclic) bond motifs is 3. The van der Waals surface area contributed by atoms with Crippen LogP contribution in [0.5, 0.6) is 0 Å². The second-order valence-corrected chi connectivity index (χ2v) is 20.2. The first kappa shape index (κ1) is 54.9. The summed E-state index contributed by atoms with van der Waals surface area (Å²) in [7, 11) is 84.0. The number of hydrogen-bond donors (Lipinski definition) is 0. The van der Waals surface area contributed by atoms with Gasteiger partial charge in [0.1, 0.15) is 0 Å². The summed E-state index contributed by atoms with van der Waals surface area (Å²) >= 11 is 0. The molecule has 0 unspecified atom stereocenters. The fourth-order valence-corrected chi connectivity index (χ4v) is 12.2. The zero-order valence-corrected chi connectivity index (χ0v) is 43.7. The fraction of sp³-hybridized carbons (Fsp3) is 0.348. The summed E-state index contributed by atoms with van der Waals surface area (Å²) in [6.45, 7) is 32.2. The first-order chi connectivity index (χ1) is 31.6. The molecule has 0 aliphatic carbocycles. The molecule has 22 heteroatoms. The van der Waals surface area contributed by atoms with Crippen molar-refractivity contribution in [2.45, 2.75) is 111 Å². The minimum atomic E-state index is -1.07. The second kappa shape index (κ2) is 20.2. The number of hydrogen-bond acceptors (Lipinski definition) is 0. The number of benzene rings is 6. The molecule has 0 saturated carbocycles. The Labute approximate surface area is 431 Å². The van der Waals surface area contributed by atoms with Crippen LogP contribution in [0.25, 0.3) is 54.6 Å². The third-order valence-corrected chi connectivity index (χ3v) is 16.9. The van der Waals surface area contributed by atoms with E-state index in [4.69, 9.17) is 92.8 Å². The van der Waals surface area contributed by atoms with Crippen molar-refractivity contribution in [1.82, 2.24) is 0 Å². The Hall–Kier alpha value is -2.47. The lowest BCUT2D eigenvalue weighted by Gasteiger charge is -2.39. The largest absolute Gasteiger partial charge is 0.112 e. The van der Waals surface area contributed by atoms with Gasteiger partial charge in [0.2, 0.25) is 0 Å². The van der Waals surface area contributed by atoms with E-state index in [2.05, 4.69) is 104 Å². The summed E-state index contributed by atoms with van der Waals surface area (Å²) in [4.78, 5) is 0. The van der Waals surface area contributed by atoms with Crippen LogP contribution in [0.4, 0.5) is 0 Å². The van der Waals surface area contributed by atoms with Crippen molar-refractivity contribution < 1.29 is 0 Å². The minimum Gasteiger partial charge on any atom is -0.112 e. The van der Waals surface area contributed by atoms with Crippen LogP contribution in [-0.4, -0.2) is 158 Å². The van der Waals surface area contributed by atoms with Gasteiger partial charge in [0.05, 0.1) is 26.0 Å². The van der Waals surface area contributed by atoms with Crippen LogP contribution in [-0.2, 0) is 0 Å². The summed E-state index contributed by atoms with van der Waals surface area (Å²) in [5.74, 6) is 0. The fourth-order valence-electron chi connectivity index (χ4n) is 12.2. The predicted octanol–water partition coefficient (Wildman–Crippen LogP) is 1.74. The molecular formula is C46H48B22. The molecule has 0 saturated heterocycles. The van der Waals surface area contributed by atoms with Crippen LogP contribution in [0.3, 0.4) is 0 Å². The number of aryl methyl sites for hydroxylation is 6. The highest BCUT2D eigenvalue weighted by Gasteiger charge is 2.39. The topological polar surface area (TPSA) is 0 Å².